The highest BCUT2D eigenvalue weighted by Crippen LogP contribution is 2.20. The number of rotatable bonds is 6. The largest absolute Gasteiger partial charge is 0.323 e. The van der Waals surface area contributed by atoms with Gasteiger partial charge >= 0.3 is 0 Å². The van der Waals surface area contributed by atoms with Crippen molar-refractivity contribution in [3.63, 3.8) is 0 Å². The minimum Gasteiger partial charge on any atom is -0.323 e. The number of anilines is 1. The van der Waals surface area contributed by atoms with Crippen LogP contribution in [0.4, 0.5) is 5.69 Å². The first-order valence-corrected chi connectivity index (χ1v) is 8.70. The molecule has 1 aliphatic heterocycles. The number of piperidine rings is 1. The highest BCUT2D eigenvalue weighted by atomic mass is 32.2. The number of nitrogens with one attached hydrogen (secondary N) is 2. The van der Waals surface area contributed by atoms with Gasteiger partial charge in [0.15, 0.2) is 0 Å². The van der Waals surface area contributed by atoms with Crippen molar-refractivity contribution >= 4 is 15.7 Å². The Morgan fingerprint density at radius 3 is 2.76 bits per heavy atom. The number of hydrazine groups is 1. The van der Waals surface area contributed by atoms with Crippen molar-refractivity contribution in [2.24, 2.45) is 5.84 Å². The summed E-state index contributed by atoms with van der Waals surface area (Å²) in [6.45, 7) is 5.08. The third-order valence-electron chi connectivity index (χ3n) is 3.68. The number of hydrogen-bond acceptors (Lipinski definition) is 6. The Labute approximate surface area is 125 Å². The van der Waals surface area contributed by atoms with Crippen LogP contribution in [0.3, 0.4) is 0 Å². The summed E-state index contributed by atoms with van der Waals surface area (Å²) >= 11 is 0. The first kappa shape index (κ1) is 16.2. The number of sulfonamides is 1. The summed E-state index contributed by atoms with van der Waals surface area (Å²) in [6.07, 6.45) is 5.58. The number of hydrogen-bond donors (Lipinski definition) is 3. The maximum absolute atomic E-state index is 12.4. The quantitative estimate of drug-likeness (QED) is 0.523. The fourth-order valence-electron chi connectivity index (χ4n) is 2.59. The molecule has 0 radical (unpaired) electrons. The molecule has 1 aromatic rings. The molecule has 0 aromatic carbocycles. The summed E-state index contributed by atoms with van der Waals surface area (Å²) < 4.78 is 27.6. The molecular weight excluding hydrogens is 290 g/mol. The number of aromatic nitrogens is 1. The normalized spacial score (nSPS) is 17.8. The number of likely N-dealkylation sites (tertiary alicyclic amines) is 1. The molecule has 21 heavy (non-hydrogen) atoms. The molecule has 118 valence electrons. The van der Waals surface area contributed by atoms with Crippen LogP contribution in [0.2, 0.25) is 0 Å². The summed E-state index contributed by atoms with van der Waals surface area (Å²) in [5, 5.41) is 0. The topological polar surface area (TPSA) is 100 Å². The van der Waals surface area contributed by atoms with Gasteiger partial charge < -0.3 is 10.3 Å². The van der Waals surface area contributed by atoms with Crippen molar-refractivity contribution in [1.82, 2.24) is 14.6 Å². The minimum atomic E-state index is -3.61. The van der Waals surface area contributed by atoms with Gasteiger partial charge in [0.2, 0.25) is 10.0 Å². The Bertz CT molecular complexity index is 555. The van der Waals surface area contributed by atoms with Crippen molar-refractivity contribution in [3.8, 4) is 0 Å². The van der Waals surface area contributed by atoms with E-state index in [2.05, 4.69) is 27.0 Å². The van der Waals surface area contributed by atoms with Gasteiger partial charge in [0, 0.05) is 18.4 Å². The Hall–Kier alpha value is -1.22. The van der Waals surface area contributed by atoms with Crippen LogP contribution >= 0.6 is 0 Å². The summed E-state index contributed by atoms with van der Waals surface area (Å²) in [5.74, 6) is 5.36. The van der Waals surface area contributed by atoms with Crippen molar-refractivity contribution in [2.45, 2.75) is 37.1 Å². The number of nitrogens with zero attached hydrogens (tertiary/aromatic N) is 2. The highest BCUT2D eigenvalue weighted by Gasteiger charge is 2.26. The standard InChI is InChI=1S/C13H23N5O2S/c1-2-7-18-8-4-11(5-9-18)17-21(19,20)13-10-15-6-3-12(13)16-14/h3,6,10-11,17H,2,4-5,7-9,14H2,1H3,(H,15,16). The van der Waals surface area contributed by atoms with Gasteiger partial charge in [0.25, 0.3) is 0 Å². The lowest BCUT2D eigenvalue weighted by molar-refractivity contribution is 0.208. The van der Waals surface area contributed by atoms with Gasteiger partial charge in [0.1, 0.15) is 4.90 Å². The van der Waals surface area contributed by atoms with Crippen LogP contribution in [0.1, 0.15) is 26.2 Å². The molecule has 0 aliphatic carbocycles. The zero-order chi connectivity index (χ0) is 15.3. The average molecular weight is 313 g/mol. The molecule has 2 heterocycles. The van der Waals surface area contributed by atoms with Crippen molar-refractivity contribution in [2.75, 3.05) is 25.1 Å². The molecule has 1 aliphatic rings. The summed E-state index contributed by atoms with van der Waals surface area (Å²) in [6, 6.07) is 1.51. The van der Waals surface area contributed by atoms with E-state index in [0.717, 1.165) is 38.9 Å². The van der Waals surface area contributed by atoms with E-state index in [0.29, 0.717) is 5.69 Å². The number of pyridine rings is 1. The molecule has 0 bridgehead atoms. The predicted octanol–water partition coefficient (Wildman–Crippen LogP) is 0.520. The Balaban J connectivity index is 2.02. The number of nitrogen functional groups attached to an aromatic ring is 1. The molecule has 8 heteroatoms. The molecule has 0 amide bonds. The van der Waals surface area contributed by atoms with E-state index in [1.165, 1.54) is 12.4 Å². The smallest absolute Gasteiger partial charge is 0.244 e. The van der Waals surface area contributed by atoms with E-state index in [-0.39, 0.29) is 10.9 Å². The third kappa shape index (κ3) is 4.13. The molecule has 2 rings (SSSR count). The van der Waals surface area contributed by atoms with Crippen LogP contribution in [-0.4, -0.2) is 44.0 Å². The first-order valence-electron chi connectivity index (χ1n) is 7.22. The van der Waals surface area contributed by atoms with Crippen molar-refractivity contribution < 1.29 is 8.42 Å². The minimum absolute atomic E-state index is 0.0334. The average Bonchev–Trinajstić information content (AvgIpc) is 2.49. The number of nitrogens with two attached hydrogens (primary N) is 1. The molecule has 1 aromatic heterocycles. The van der Waals surface area contributed by atoms with Crippen LogP contribution in [0.5, 0.6) is 0 Å². The van der Waals surface area contributed by atoms with Gasteiger partial charge in [-0.25, -0.2) is 13.1 Å². The summed E-state index contributed by atoms with van der Waals surface area (Å²) in [5.41, 5.74) is 2.74. The first-order chi connectivity index (χ1) is 10.1. The highest BCUT2D eigenvalue weighted by molar-refractivity contribution is 7.89. The fraction of sp³-hybridized carbons (Fsp3) is 0.615. The fourth-order valence-corrected chi connectivity index (χ4v) is 4.00. The molecule has 7 nitrogen and oxygen atoms in total. The van der Waals surface area contributed by atoms with Crippen LogP contribution in [-0.2, 0) is 10.0 Å². The van der Waals surface area contributed by atoms with Crippen LogP contribution in [0.25, 0.3) is 0 Å². The van der Waals surface area contributed by atoms with Gasteiger partial charge in [-0.1, -0.05) is 6.92 Å². The lowest BCUT2D eigenvalue weighted by Crippen LogP contribution is -2.44. The Morgan fingerprint density at radius 1 is 1.43 bits per heavy atom. The molecule has 0 unspecified atom stereocenters. The van der Waals surface area contributed by atoms with Crippen LogP contribution in [0, 0.1) is 0 Å². The Kier molecular flexibility index (Phi) is 5.51. The second-order valence-electron chi connectivity index (χ2n) is 5.25. The maximum Gasteiger partial charge on any atom is 0.244 e. The van der Waals surface area contributed by atoms with Gasteiger partial charge in [-0.05, 0) is 45.0 Å². The van der Waals surface area contributed by atoms with Gasteiger partial charge in [0.05, 0.1) is 5.69 Å². The molecule has 0 atom stereocenters. The molecular formula is C13H23N5O2S. The Morgan fingerprint density at radius 2 is 2.14 bits per heavy atom. The van der Waals surface area contributed by atoms with Crippen molar-refractivity contribution in [1.29, 1.82) is 0 Å². The van der Waals surface area contributed by atoms with E-state index in [9.17, 15) is 8.42 Å². The lowest BCUT2D eigenvalue weighted by atomic mass is 10.1. The monoisotopic (exact) mass is 313 g/mol. The summed E-state index contributed by atoms with van der Waals surface area (Å²) in [4.78, 5) is 6.32. The SMILES string of the molecule is CCCN1CCC(NS(=O)(=O)c2cnccc2NN)CC1. The molecule has 1 saturated heterocycles. The van der Waals surface area contributed by atoms with Gasteiger partial charge in [-0.15, -0.1) is 0 Å². The molecule has 4 N–H and O–H groups in total. The predicted molar refractivity (Wildman–Crippen MR) is 82.1 cm³/mol. The van der Waals surface area contributed by atoms with E-state index in [4.69, 9.17) is 5.84 Å². The van der Waals surface area contributed by atoms with E-state index in [1.807, 2.05) is 0 Å². The van der Waals surface area contributed by atoms with Crippen LogP contribution < -0.4 is 16.0 Å². The van der Waals surface area contributed by atoms with Gasteiger partial charge in [-0.3, -0.25) is 10.8 Å². The van der Waals surface area contributed by atoms with Crippen LogP contribution in [0.15, 0.2) is 23.4 Å². The van der Waals surface area contributed by atoms with E-state index >= 15 is 0 Å². The van der Waals surface area contributed by atoms with E-state index in [1.54, 1.807) is 6.07 Å². The third-order valence-corrected chi connectivity index (χ3v) is 5.23. The van der Waals surface area contributed by atoms with E-state index < -0.39 is 10.0 Å². The zero-order valence-corrected chi connectivity index (χ0v) is 13.1. The molecule has 0 spiro atoms. The maximum atomic E-state index is 12.4. The second kappa shape index (κ2) is 7.17. The second-order valence-corrected chi connectivity index (χ2v) is 6.94. The lowest BCUT2D eigenvalue weighted by Gasteiger charge is -2.31. The molecule has 0 saturated carbocycles. The van der Waals surface area contributed by atoms with Gasteiger partial charge in [-0.2, -0.15) is 0 Å². The molecule has 1 fully saturated rings. The van der Waals surface area contributed by atoms with Crippen molar-refractivity contribution in [3.05, 3.63) is 18.5 Å². The zero-order valence-electron chi connectivity index (χ0n) is 12.2. The summed E-state index contributed by atoms with van der Waals surface area (Å²) in [7, 11) is -3.61.